The fourth-order valence-electron chi connectivity index (χ4n) is 2.51. The Morgan fingerprint density at radius 1 is 1.08 bits per heavy atom. The van der Waals surface area contributed by atoms with Gasteiger partial charge in [-0.1, -0.05) is 24.5 Å². The van der Waals surface area contributed by atoms with Crippen molar-refractivity contribution >= 4 is 11.6 Å². The molecule has 1 heteroatoms. The molecule has 2 aliphatic carbocycles. The summed E-state index contributed by atoms with van der Waals surface area (Å²) in [5.41, 5.74) is 1.56. The Morgan fingerprint density at radius 2 is 1.92 bits per heavy atom. The molecule has 68 valence electrons. The van der Waals surface area contributed by atoms with Gasteiger partial charge in [0, 0.05) is 0 Å². The minimum absolute atomic E-state index is 0.0920. The quantitative estimate of drug-likeness (QED) is 0.394. The summed E-state index contributed by atoms with van der Waals surface area (Å²) in [4.78, 5) is 0.0920. The van der Waals surface area contributed by atoms with E-state index in [0.717, 1.165) is 0 Å². The lowest BCUT2D eigenvalue weighted by atomic mass is 9.83. The first-order chi connectivity index (χ1) is 5.81. The van der Waals surface area contributed by atoms with Crippen LogP contribution in [0.2, 0.25) is 0 Å². The maximum atomic E-state index is 6.61. The van der Waals surface area contributed by atoms with E-state index in [2.05, 4.69) is 6.08 Å². The van der Waals surface area contributed by atoms with Crippen LogP contribution >= 0.6 is 11.6 Å². The third kappa shape index (κ3) is 1.54. The highest BCUT2D eigenvalue weighted by Gasteiger charge is 2.33. The van der Waals surface area contributed by atoms with Crippen molar-refractivity contribution in [3.8, 4) is 0 Å². The predicted octanol–water partition coefficient (Wildman–Crippen LogP) is 4.04. The number of hydrogen-bond acceptors (Lipinski definition) is 0. The third-order valence-corrected chi connectivity index (χ3v) is 3.88. The SMILES string of the molecule is ClC12CCCC=C1CCCCC2. The fraction of sp³-hybridized carbons (Fsp3) is 0.818. The molecule has 2 rings (SSSR count). The van der Waals surface area contributed by atoms with Crippen LogP contribution < -0.4 is 0 Å². The maximum Gasteiger partial charge on any atom is 0.0655 e. The molecule has 1 unspecified atom stereocenters. The molecule has 0 radical (unpaired) electrons. The van der Waals surface area contributed by atoms with E-state index < -0.39 is 0 Å². The summed E-state index contributed by atoms with van der Waals surface area (Å²) in [7, 11) is 0. The number of allylic oxidation sites excluding steroid dienone is 2. The van der Waals surface area contributed by atoms with Crippen molar-refractivity contribution < 1.29 is 0 Å². The van der Waals surface area contributed by atoms with Crippen molar-refractivity contribution in [2.75, 3.05) is 0 Å². The van der Waals surface area contributed by atoms with Crippen LogP contribution in [0.25, 0.3) is 0 Å². The van der Waals surface area contributed by atoms with Crippen molar-refractivity contribution in [3.05, 3.63) is 11.6 Å². The minimum Gasteiger partial charge on any atom is -0.114 e. The molecule has 1 fully saturated rings. The maximum absolute atomic E-state index is 6.61. The number of rotatable bonds is 0. The lowest BCUT2D eigenvalue weighted by Gasteiger charge is -2.31. The summed E-state index contributed by atoms with van der Waals surface area (Å²) in [6.07, 6.45) is 12.8. The van der Waals surface area contributed by atoms with Gasteiger partial charge in [-0.25, -0.2) is 0 Å². The van der Waals surface area contributed by atoms with E-state index in [4.69, 9.17) is 11.6 Å². The lowest BCUT2D eigenvalue weighted by Crippen LogP contribution is -2.25. The highest BCUT2D eigenvalue weighted by Crippen LogP contribution is 2.43. The van der Waals surface area contributed by atoms with Gasteiger partial charge in [0.1, 0.15) is 0 Å². The van der Waals surface area contributed by atoms with Crippen LogP contribution in [0.4, 0.5) is 0 Å². The Hall–Kier alpha value is 0.0300. The molecule has 0 saturated heterocycles. The van der Waals surface area contributed by atoms with Crippen LogP contribution in [0.15, 0.2) is 11.6 Å². The zero-order valence-electron chi connectivity index (χ0n) is 7.61. The number of alkyl halides is 1. The van der Waals surface area contributed by atoms with E-state index in [9.17, 15) is 0 Å². The summed E-state index contributed by atoms with van der Waals surface area (Å²) in [5.74, 6) is 0. The second kappa shape index (κ2) is 3.41. The topological polar surface area (TPSA) is 0 Å². The number of fused-ring (bicyclic) bond motifs is 1. The molecular formula is C11H17Cl. The fourth-order valence-corrected chi connectivity index (χ4v) is 2.95. The molecule has 0 aromatic heterocycles. The van der Waals surface area contributed by atoms with E-state index in [1.54, 1.807) is 5.57 Å². The van der Waals surface area contributed by atoms with E-state index >= 15 is 0 Å². The average Bonchev–Trinajstić information content (AvgIpc) is 2.25. The molecule has 0 heterocycles. The van der Waals surface area contributed by atoms with Crippen LogP contribution in [-0.2, 0) is 0 Å². The van der Waals surface area contributed by atoms with E-state index in [1.165, 1.54) is 51.4 Å². The van der Waals surface area contributed by atoms with Crippen molar-refractivity contribution in [2.45, 2.75) is 56.2 Å². The molecule has 0 aliphatic heterocycles. The van der Waals surface area contributed by atoms with Crippen molar-refractivity contribution in [3.63, 3.8) is 0 Å². The standard InChI is InChI=1S/C11H17Cl/c12-11-8-4-1-2-6-10(11)7-3-5-9-11/h7H,1-6,8-9H2. The normalized spacial score (nSPS) is 36.6. The van der Waals surface area contributed by atoms with E-state index in [0.29, 0.717) is 0 Å². The van der Waals surface area contributed by atoms with Gasteiger partial charge in [-0.15, -0.1) is 11.6 Å². The van der Waals surface area contributed by atoms with Crippen molar-refractivity contribution in [1.29, 1.82) is 0 Å². The third-order valence-electron chi connectivity index (χ3n) is 3.26. The van der Waals surface area contributed by atoms with Crippen molar-refractivity contribution in [1.82, 2.24) is 0 Å². The Bertz CT molecular complexity index is 195. The van der Waals surface area contributed by atoms with Gasteiger partial charge in [0.15, 0.2) is 0 Å². The highest BCUT2D eigenvalue weighted by molar-refractivity contribution is 6.26. The molecule has 0 amide bonds. The Kier molecular flexibility index (Phi) is 2.45. The highest BCUT2D eigenvalue weighted by atomic mass is 35.5. The van der Waals surface area contributed by atoms with Gasteiger partial charge in [0.05, 0.1) is 4.87 Å². The van der Waals surface area contributed by atoms with Gasteiger partial charge < -0.3 is 0 Å². The van der Waals surface area contributed by atoms with Gasteiger partial charge in [-0.2, -0.15) is 0 Å². The predicted molar refractivity (Wildman–Crippen MR) is 53.6 cm³/mol. The second-order valence-corrected chi connectivity index (χ2v) is 4.87. The molecule has 1 atom stereocenters. The van der Waals surface area contributed by atoms with Crippen molar-refractivity contribution in [2.24, 2.45) is 0 Å². The van der Waals surface area contributed by atoms with Gasteiger partial charge in [-0.05, 0) is 38.5 Å². The zero-order chi connectivity index (χ0) is 8.44. The van der Waals surface area contributed by atoms with Crippen LogP contribution in [0.5, 0.6) is 0 Å². The smallest absolute Gasteiger partial charge is 0.0655 e. The average molecular weight is 185 g/mol. The molecule has 0 N–H and O–H groups in total. The minimum atomic E-state index is 0.0920. The van der Waals surface area contributed by atoms with Gasteiger partial charge in [-0.3, -0.25) is 0 Å². The Morgan fingerprint density at radius 3 is 2.83 bits per heavy atom. The summed E-state index contributed by atoms with van der Waals surface area (Å²) in [6.45, 7) is 0. The first-order valence-corrected chi connectivity index (χ1v) is 5.57. The molecule has 2 aliphatic rings. The van der Waals surface area contributed by atoms with Crippen LogP contribution in [-0.4, -0.2) is 4.87 Å². The molecule has 0 spiro atoms. The first kappa shape index (κ1) is 8.62. The monoisotopic (exact) mass is 184 g/mol. The van der Waals surface area contributed by atoms with Crippen LogP contribution in [0.1, 0.15) is 51.4 Å². The molecule has 0 aromatic rings. The lowest BCUT2D eigenvalue weighted by molar-refractivity contribution is 0.506. The van der Waals surface area contributed by atoms with Gasteiger partial charge in [0.2, 0.25) is 0 Å². The van der Waals surface area contributed by atoms with Gasteiger partial charge in [0.25, 0.3) is 0 Å². The number of hydrogen-bond donors (Lipinski definition) is 0. The molecule has 0 bridgehead atoms. The molecule has 1 saturated carbocycles. The van der Waals surface area contributed by atoms with Crippen LogP contribution in [0, 0.1) is 0 Å². The molecular weight excluding hydrogens is 168 g/mol. The molecule has 0 aromatic carbocycles. The van der Waals surface area contributed by atoms with E-state index in [1.807, 2.05) is 0 Å². The summed E-state index contributed by atoms with van der Waals surface area (Å²) in [6, 6.07) is 0. The Labute approximate surface area is 80.0 Å². The molecule has 0 nitrogen and oxygen atoms in total. The second-order valence-electron chi connectivity index (χ2n) is 4.15. The summed E-state index contributed by atoms with van der Waals surface area (Å²) >= 11 is 6.61. The summed E-state index contributed by atoms with van der Waals surface area (Å²) < 4.78 is 0. The molecule has 12 heavy (non-hydrogen) atoms. The first-order valence-electron chi connectivity index (χ1n) is 5.20. The van der Waals surface area contributed by atoms with Crippen LogP contribution in [0.3, 0.4) is 0 Å². The largest absolute Gasteiger partial charge is 0.114 e. The zero-order valence-corrected chi connectivity index (χ0v) is 8.37. The van der Waals surface area contributed by atoms with E-state index in [-0.39, 0.29) is 4.87 Å². The van der Waals surface area contributed by atoms with Gasteiger partial charge >= 0.3 is 0 Å². The number of halogens is 1. The Balaban J connectivity index is 2.20. The summed E-state index contributed by atoms with van der Waals surface area (Å²) in [5, 5.41) is 0.